The van der Waals surface area contributed by atoms with Crippen LogP contribution in [0.25, 0.3) is 0 Å². The molecule has 1 aliphatic heterocycles. The second-order valence-electron chi connectivity index (χ2n) is 4.86. The monoisotopic (exact) mass is 271 g/mol. The molecule has 1 aromatic rings. The second kappa shape index (κ2) is 5.69. The number of anilines is 2. The molecule has 19 heavy (non-hydrogen) atoms. The van der Waals surface area contributed by atoms with Gasteiger partial charge in [-0.1, -0.05) is 6.92 Å². The van der Waals surface area contributed by atoms with Crippen LogP contribution in [0.4, 0.5) is 20.4 Å². The van der Waals surface area contributed by atoms with Crippen LogP contribution in [0.2, 0.25) is 0 Å². The molecule has 0 saturated carbocycles. The number of nitrogens with zero attached hydrogens (tertiary/aromatic N) is 2. The first kappa shape index (κ1) is 14.0. The zero-order chi connectivity index (χ0) is 14.0. The zero-order valence-corrected chi connectivity index (χ0v) is 11.4. The SMILES string of the molecule is CNc1nc(N2CCC(C)C(OC)C2)c(F)cc1F. The topological polar surface area (TPSA) is 37.4 Å². The van der Waals surface area contributed by atoms with Crippen molar-refractivity contribution in [2.45, 2.75) is 19.4 Å². The van der Waals surface area contributed by atoms with E-state index in [0.717, 1.165) is 12.5 Å². The highest BCUT2D eigenvalue weighted by molar-refractivity contribution is 5.49. The van der Waals surface area contributed by atoms with Crippen LogP contribution in [-0.4, -0.2) is 38.3 Å². The number of hydrogen-bond acceptors (Lipinski definition) is 4. The first-order chi connectivity index (χ1) is 9.06. The Bertz CT molecular complexity index is 456. The fourth-order valence-electron chi connectivity index (χ4n) is 2.39. The summed E-state index contributed by atoms with van der Waals surface area (Å²) < 4.78 is 32.7. The quantitative estimate of drug-likeness (QED) is 0.915. The average molecular weight is 271 g/mol. The average Bonchev–Trinajstić information content (AvgIpc) is 2.40. The van der Waals surface area contributed by atoms with Crippen molar-refractivity contribution in [2.24, 2.45) is 5.92 Å². The molecule has 0 bridgehead atoms. The van der Waals surface area contributed by atoms with Gasteiger partial charge in [-0.2, -0.15) is 0 Å². The van der Waals surface area contributed by atoms with Gasteiger partial charge in [0.1, 0.15) is 0 Å². The van der Waals surface area contributed by atoms with Crippen molar-refractivity contribution in [3.8, 4) is 0 Å². The van der Waals surface area contributed by atoms with Crippen LogP contribution < -0.4 is 10.2 Å². The summed E-state index contributed by atoms with van der Waals surface area (Å²) in [4.78, 5) is 5.83. The van der Waals surface area contributed by atoms with Crippen LogP contribution in [-0.2, 0) is 4.74 Å². The van der Waals surface area contributed by atoms with E-state index in [-0.39, 0.29) is 17.7 Å². The Balaban J connectivity index is 2.26. The van der Waals surface area contributed by atoms with Gasteiger partial charge in [0.25, 0.3) is 0 Å². The van der Waals surface area contributed by atoms with Gasteiger partial charge in [0.15, 0.2) is 23.3 Å². The van der Waals surface area contributed by atoms with Gasteiger partial charge in [-0.3, -0.25) is 0 Å². The maximum atomic E-state index is 13.9. The molecule has 1 aromatic heterocycles. The predicted molar refractivity (Wildman–Crippen MR) is 70.5 cm³/mol. The Morgan fingerprint density at radius 3 is 2.79 bits per heavy atom. The minimum absolute atomic E-state index is 0.0399. The number of aromatic nitrogens is 1. The molecule has 0 amide bonds. The van der Waals surface area contributed by atoms with Crippen LogP contribution in [0.3, 0.4) is 0 Å². The van der Waals surface area contributed by atoms with E-state index in [2.05, 4.69) is 17.2 Å². The van der Waals surface area contributed by atoms with Gasteiger partial charge in [-0.15, -0.1) is 0 Å². The lowest BCUT2D eigenvalue weighted by Gasteiger charge is -2.37. The molecule has 1 aliphatic rings. The normalized spacial score (nSPS) is 23.5. The molecule has 106 valence electrons. The van der Waals surface area contributed by atoms with E-state index >= 15 is 0 Å². The maximum absolute atomic E-state index is 13.9. The molecule has 0 radical (unpaired) electrons. The molecule has 4 nitrogen and oxygen atoms in total. The van der Waals surface area contributed by atoms with Gasteiger partial charge < -0.3 is 15.0 Å². The standard InChI is InChI=1S/C13H19F2N3O/c1-8-4-5-18(7-11(8)19-3)13-10(15)6-9(14)12(16-2)17-13/h6,8,11H,4-5,7H2,1-3H3,(H,16,17). The lowest BCUT2D eigenvalue weighted by molar-refractivity contribution is 0.0495. The second-order valence-corrected chi connectivity index (χ2v) is 4.86. The molecule has 0 aliphatic carbocycles. The van der Waals surface area contributed by atoms with E-state index in [9.17, 15) is 8.78 Å². The molecular weight excluding hydrogens is 252 g/mol. The molecule has 2 atom stereocenters. The van der Waals surface area contributed by atoms with E-state index in [1.165, 1.54) is 0 Å². The number of halogens is 2. The predicted octanol–water partition coefficient (Wildman–Crippen LogP) is 2.26. The van der Waals surface area contributed by atoms with Crippen LogP contribution in [0.15, 0.2) is 6.07 Å². The summed E-state index contributed by atoms with van der Waals surface area (Å²) in [6.45, 7) is 3.37. The Morgan fingerprint density at radius 2 is 2.16 bits per heavy atom. The maximum Gasteiger partial charge on any atom is 0.168 e. The summed E-state index contributed by atoms with van der Waals surface area (Å²) in [5.41, 5.74) is 0. The van der Waals surface area contributed by atoms with Gasteiger partial charge in [-0.05, 0) is 12.3 Å². The van der Waals surface area contributed by atoms with Crippen molar-refractivity contribution in [1.29, 1.82) is 0 Å². The number of methoxy groups -OCH3 is 1. The third-order valence-electron chi connectivity index (χ3n) is 3.64. The summed E-state index contributed by atoms with van der Waals surface area (Å²) in [5, 5.41) is 2.63. The first-order valence-corrected chi connectivity index (χ1v) is 6.38. The van der Waals surface area contributed by atoms with Crippen molar-refractivity contribution >= 4 is 11.6 Å². The van der Waals surface area contributed by atoms with Crippen molar-refractivity contribution in [2.75, 3.05) is 37.5 Å². The Kier molecular flexibility index (Phi) is 4.19. The van der Waals surface area contributed by atoms with Crippen molar-refractivity contribution < 1.29 is 13.5 Å². The van der Waals surface area contributed by atoms with Gasteiger partial charge in [0.2, 0.25) is 0 Å². The molecule has 1 fully saturated rings. The van der Waals surface area contributed by atoms with Gasteiger partial charge in [-0.25, -0.2) is 13.8 Å². The highest BCUT2D eigenvalue weighted by Gasteiger charge is 2.28. The highest BCUT2D eigenvalue weighted by atomic mass is 19.1. The highest BCUT2D eigenvalue weighted by Crippen LogP contribution is 2.27. The van der Waals surface area contributed by atoms with Crippen molar-refractivity contribution in [3.05, 3.63) is 17.7 Å². The molecule has 2 rings (SSSR count). The molecule has 6 heteroatoms. The molecular formula is C13H19F2N3O. The summed E-state index contributed by atoms with van der Waals surface area (Å²) in [5.74, 6) is -0.657. The van der Waals surface area contributed by atoms with Crippen molar-refractivity contribution in [3.63, 3.8) is 0 Å². The zero-order valence-electron chi connectivity index (χ0n) is 11.4. The van der Waals surface area contributed by atoms with Gasteiger partial charge in [0.05, 0.1) is 6.10 Å². The van der Waals surface area contributed by atoms with Crippen LogP contribution >= 0.6 is 0 Å². The van der Waals surface area contributed by atoms with Crippen molar-refractivity contribution in [1.82, 2.24) is 4.98 Å². The number of nitrogens with one attached hydrogen (secondary N) is 1. The number of hydrogen-bond donors (Lipinski definition) is 1. The lowest BCUT2D eigenvalue weighted by atomic mass is 9.96. The number of rotatable bonds is 3. The van der Waals surface area contributed by atoms with E-state index in [0.29, 0.717) is 19.0 Å². The van der Waals surface area contributed by atoms with E-state index in [4.69, 9.17) is 4.74 Å². The molecule has 0 spiro atoms. The van der Waals surface area contributed by atoms with Crippen LogP contribution in [0, 0.1) is 17.6 Å². The number of ether oxygens (including phenoxy) is 1. The smallest absolute Gasteiger partial charge is 0.168 e. The minimum atomic E-state index is -0.683. The summed E-state index contributed by atoms with van der Waals surface area (Å²) in [7, 11) is 3.21. The summed E-state index contributed by atoms with van der Waals surface area (Å²) in [6.07, 6.45) is 0.935. The number of pyridine rings is 1. The molecule has 2 heterocycles. The third kappa shape index (κ3) is 2.78. The van der Waals surface area contributed by atoms with Gasteiger partial charge in [0, 0.05) is 33.3 Å². The number of piperidine rings is 1. The first-order valence-electron chi connectivity index (χ1n) is 6.38. The Morgan fingerprint density at radius 1 is 1.42 bits per heavy atom. The van der Waals surface area contributed by atoms with Gasteiger partial charge >= 0.3 is 0 Å². The fourth-order valence-corrected chi connectivity index (χ4v) is 2.39. The van der Waals surface area contributed by atoms with Crippen LogP contribution in [0.5, 0.6) is 0 Å². The largest absolute Gasteiger partial charge is 0.379 e. The third-order valence-corrected chi connectivity index (χ3v) is 3.64. The molecule has 1 saturated heterocycles. The summed E-state index contributed by atoms with van der Waals surface area (Å²) >= 11 is 0. The molecule has 2 unspecified atom stereocenters. The lowest BCUT2D eigenvalue weighted by Crippen LogP contribution is -2.44. The van der Waals surface area contributed by atoms with E-state index in [1.807, 2.05) is 4.90 Å². The van der Waals surface area contributed by atoms with E-state index in [1.54, 1.807) is 14.2 Å². The Hall–Kier alpha value is -1.43. The molecule has 1 N–H and O–H groups in total. The van der Waals surface area contributed by atoms with Crippen LogP contribution in [0.1, 0.15) is 13.3 Å². The summed E-state index contributed by atoms with van der Waals surface area (Å²) in [6, 6.07) is 0.869. The molecule has 0 aromatic carbocycles. The van der Waals surface area contributed by atoms with E-state index < -0.39 is 11.6 Å². The fraction of sp³-hybridized carbons (Fsp3) is 0.615. The Labute approximate surface area is 111 Å². The minimum Gasteiger partial charge on any atom is -0.379 e.